The van der Waals surface area contributed by atoms with E-state index in [1.54, 1.807) is 0 Å². The average molecular weight is 348 g/mol. The molecule has 1 aliphatic heterocycles. The molecule has 4 rings (SSSR count). The predicted molar refractivity (Wildman–Crippen MR) is 102 cm³/mol. The van der Waals surface area contributed by atoms with Gasteiger partial charge in [0.2, 0.25) is 0 Å². The van der Waals surface area contributed by atoms with Crippen LogP contribution in [0.15, 0.2) is 73.1 Å². The molecule has 3 aromatic rings. The normalized spacial score (nSPS) is 17.5. The molecule has 26 heavy (non-hydrogen) atoms. The van der Waals surface area contributed by atoms with Gasteiger partial charge in [-0.15, -0.1) is 0 Å². The summed E-state index contributed by atoms with van der Waals surface area (Å²) in [5.41, 5.74) is 3.59. The van der Waals surface area contributed by atoms with Crippen molar-refractivity contribution in [1.82, 2.24) is 9.47 Å². The van der Waals surface area contributed by atoms with Crippen molar-refractivity contribution < 1.29 is 9.47 Å². The summed E-state index contributed by atoms with van der Waals surface area (Å²) in [7, 11) is 0. The van der Waals surface area contributed by atoms with Gasteiger partial charge in [0.05, 0.1) is 13.2 Å². The van der Waals surface area contributed by atoms with E-state index < -0.39 is 0 Å². The SMILES string of the molecule is CCOc1cccc(-n2ccc(C3OCCN3Cc3ccccc3)c2)c1. The Morgan fingerprint density at radius 1 is 1.08 bits per heavy atom. The van der Waals surface area contributed by atoms with Crippen molar-refractivity contribution in [2.45, 2.75) is 19.7 Å². The van der Waals surface area contributed by atoms with Crippen molar-refractivity contribution in [2.24, 2.45) is 0 Å². The lowest BCUT2D eigenvalue weighted by molar-refractivity contribution is 0.0288. The van der Waals surface area contributed by atoms with Gasteiger partial charge in [-0.2, -0.15) is 0 Å². The summed E-state index contributed by atoms with van der Waals surface area (Å²) in [6.45, 7) is 5.29. The Balaban J connectivity index is 1.52. The van der Waals surface area contributed by atoms with Crippen LogP contribution in [0.4, 0.5) is 0 Å². The number of benzene rings is 2. The number of rotatable bonds is 6. The van der Waals surface area contributed by atoms with Gasteiger partial charge in [0.15, 0.2) is 0 Å². The largest absolute Gasteiger partial charge is 0.494 e. The highest BCUT2D eigenvalue weighted by Gasteiger charge is 2.27. The molecule has 134 valence electrons. The van der Waals surface area contributed by atoms with Gasteiger partial charge in [0.25, 0.3) is 0 Å². The smallest absolute Gasteiger partial charge is 0.138 e. The number of hydrogen-bond acceptors (Lipinski definition) is 3. The Kier molecular flexibility index (Phi) is 5.04. The van der Waals surface area contributed by atoms with Gasteiger partial charge in [-0.3, -0.25) is 4.90 Å². The van der Waals surface area contributed by atoms with Crippen LogP contribution in [0.2, 0.25) is 0 Å². The van der Waals surface area contributed by atoms with E-state index >= 15 is 0 Å². The van der Waals surface area contributed by atoms with E-state index in [1.165, 1.54) is 11.1 Å². The van der Waals surface area contributed by atoms with Crippen molar-refractivity contribution >= 4 is 0 Å². The summed E-state index contributed by atoms with van der Waals surface area (Å²) >= 11 is 0. The van der Waals surface area contributed by atoms with Crippen LogP contribution in [0.3, 0.4) is 0 Å². The Labute approximate surface area is 154 Å². The maximum atomic E-state index is 6.02. The summed E-state index contributed by atoms with van der Waals surface area (Å²) < 4.78 is 13.8. The number of aromatic nitrogens is 1. The minimum absolute atomic E-state index is 0.00605. The van der Waals surface area contributed by atoms with E-state index in [4.69, 9.17) is 9.47 Å². The van der Waals surface area contributed by atoms with Crippen LogP contribution >= 0.6 is 0 Å². The van der Waals surface area contributed by atoms with Crippen molar-refractivity contribution in [1.29, 1.82) is 0 Å². The lowest BCUT2D eigenvalue weighted by Crippen LogP contribution is -2.23. The van der Waals surface area contributed by atoms with Gasteiger partial charge in [-0.05, 0) is 30.7 Å². The summed E-state index contributed by atoms with van der Waals surface area (Å²) in [6.07, 6.45) is 4.24. The zero-order chi connectivity index (χ0) is 17.8. The molecule has 1 saturated heterocycles. The second-order valence-electron chi connectivity index (χ2n) is 6.46. The van der Waals surface area contributed by atoms with Gasteiger partial charge in [-0.25, -0.2) is 0 Å². The highest BCUT2D eigenvalue weighted by Crippen LogP contribution is 2.29. The molecule has 1 aromatic heterocycles. The first-order valence-corrected chi connectivity index (χ1v) is 9.14. The molecule has 0 bridgehead atoms. The second-order valence-corrected chi connectivity index (χ2v) is 6.46. The molecule has 0 N–H and O–H groups in total. The van der Waals surface area contributed by atoms with Crippen LogP contribution in [0.25, 0.3) is 5.69 Å². The summed E-state index contributed by atoms with van der Waals surface area (Å²) in [4.78, 5) is 2.38. The number of nitrogens with zero attached hydrogens (tertiary/aromatic N) is 2. The lowest BCUT2D eigenvalue weighted by Gasteiger charge is -2.22. The second kappa shape index (κ2) is 7.77. The molecule has 2 heterocycles. The fourth-order valence-electron chi connectivity index (χ4n) is 3.41. The average Bonchev–Trinajstić information content (AvgIpc) is 3.32. The molecule has 1 fully saturated rings. The van der Waals surface area contributed by atoms with Crippen LogP contribution in [0.1, 0.15) is 24.3 Å². The maximum Gasteiger partial charge on any atom is 0.138 e. The highest BCUT2D eigenvalue weighted by molar-refractivity contribution is 5.40. The maximum absolute atomic E-state index is 6.02. The predicted octanol–water partition coefficient (Wildman–Crippen LogP) is 4.41. The number of ether oxygens (including phenoxy) is 2. The van der Waals surface area contributed by atoms with Gasteiger partial charge < -0.3 is 14.0 Å². The summed E-state index contributed by atoms with van der Waals surface area (Å²) in [5.74, 6) is 0.892. The molecule has 0 aliphatic carbocycles. The fraction of sp³-hybridized carbons (Fsp3) is 0.273. The van der Waals surface area contributed by atoms with Crippen LogP contribution < -0.4 is 4.74 Å². The molecule has 1 unspecified atom stereocenters. The molecule has 0 saturated carbocycles. The molecule has 1 aliphatic rings. The Bertz CT molecular complexity index is 844. The first-order chi connectivity index (χ1) is 12.8. The van der Waals surface area contributed by atoms with Crippen LogP contribution in [-0.4, -0.2) is 29.2 Å². The van der Waals surface area contributed by atoms with E-state index in [2.05, 4.69) is 70.4 Å². The highest BCUT2D eigenvalue weighted by atomic mass is 16.5. The fourth-order valence-corrected chi connectivity index (χ4v) is 3.41. The summed E-state index contributed by atoms with van der Waals surface area (Å²) in [6, 6.07) is 20.9. The zero-order valence-corrected chi connectivity index (χ0v) is 15.0. The molecule has 1 atom stereocenters. The van der Waals surface area contributed by atoms with E-state index in [-0.39, 0.29) is 6.23 Å². The van der Waals surface area contributed by atoms with E-state index in [0.29, 0.717) is 6.61 Å². The quantitative estimate of drug-likeness (QED) is 0.660. The first-order valence-electron chi connectivity index (χ1n) is 9.14. The topological polar surface area (TPSA) is 26.6 Å². The van der Waals surface area contributed by atoms with Crippen molar-refractivity contribution in [3.8, 4) is 11.4 Å². The Hall–Kier alpha value is -2.56. The third-order valence-electron chi connectivity index (χ3n) is 4.64. The van der Waals surface area contributed by atoms with Gasteiger partial charge in [-0.1, -0.05) is 36.4 Å². The molecule has 2 aromatic carbocycles. The third-order valence-corrected chi connectivity index (χ3v) is 4.64. The number of hydrogen-bond donors (Lipinski definition) is 0. The Morgan fingerprint density at radius 3 is 2.81 bits per heavy atom. The zero-order valence-electron chi connectivity index (χ0n) is 15.0. The van der Waals surface area contributed by atoms with Gasteiger partial charge in [0.1, 0.15) is 12.0 Å². The summed E-state index contributed by atoms with van der Waals surface area (Å²) in [5, 5.41) is 0. The van der Waals surface area contributed by atoms with Crippen molar-refractivity contribution in [3.63, 3.8) is 0 Å². The minimum atomic E-state index is 0.00605. The van der Waals surface area contributed by atoms with E-state index in [9.17, 15) is 0 Å². The van der Waals surface area contributed by atoms with Crippen LogP contribution in [-0.2, 0) is 11.3 Å². The first kappa shape index (κ1) is 16.9. The molecular weight excluding hydrogens is 324 g/mol. The van der Waals surface area contributed by atoms with Gasteiger partial charge >= 0.3 is 0 Å². The monoisotopic (exact) mass is 348 g/mol. The molecular formula is C22H24N2O2. The molecule has 4 nitrogen and oxygen atoms in total. The molecule has 4 heteroatoms. The molecule has 0 radical (unpaired) electrons. The van der Waals surface area contributed by atoms with Crippen LogP contribution in [0.5, 0.6) is 5.75 Å². The van der Waals surface area contributed by atoms with Crippen molar-refractivity contribution in [3.05, 3.63) is 84.2 Å². The van der Waals surface area contributed by atoms with Crippen molar-refractivity contribution in [2.75, 3.05) is 19.8 Å². The van der Waals surface area contributed by atoms with Gasteiger partial charge in [0, 0.05) is 42.8 Å². The lowest BCUT2D eigenvalue weighted by atomic mass is 10.2. The van der Waals surface area contributed by atoms with Crippen LogP contribution in [0, 0.1) is 0 Å². The Morgan fingerprint density at radius 2 is 1.96 bits per heavy atom. The molecule has 0 spiro atoms. The van der Waals surface area contributed by atoms with E-state index in [1.807, 2.05) is 19.1 Å². The van der Waals surface area contributed by atoms with E-state index in [0.717, 1.165) is 31.1 Å². The standard InChI is InChI=1S/C22H24N2O2/c1-2-25-21-10-6-9-20(15-21)23-12-11-19(17-23)22-24(13-14-26-22)16-18-7-4-3-5-8-18/h3-12,15,17,22H,2,13-14,16H2,1H3. The molecule has 0 amide bonds. The minimum Gasteiger partial charge on any atom is -0.494 e. The third kappa shape index (κ3) is 3.66.